The van der Waals surface area contributed by atoms with E-state index < -0.39 is 18.2 Å². The van der Waals surface area contributed by atoms with Gasteiger partial charge in [-0.25, -0.2) is 4.79 Å². The molecule has 0 N–H and O–H groups in total. The fourth-order valence-electron chi connectivity index (χ4n) is 2.44. The van der Waals surface area contributed by atoms with Crippen molar-refractivity contribution >= 4 is 6.09 Å². The van der Waals surface area contributed by atoms with Crippen molar-refractivity contribution in [3.8, 4) is 11.5 Å². The van der Waals surface area contributed by atoms with Gasteiger partial charge < -0.3 is 14.1 Å². The van der Waals surface area contributed by atoms with Crippen LogP contribution in [0.4, 0.5) is 9.18 Å². The van der Waals surface area contributed by atoms with Crippen molar-refractivity contribution in [2.75, 3.05) is 26.4 Å². The van der Waals surface area contributed by atoms with E-state index in [-0.39, 0.29) is 13.0 Å². The number of hydrogen-bond donors (Lipinski definition) is 0. The number of pyridine rings is 1. The number of alkyl halides is 1. The number of hydrogen-bond acceptors (Lipinski definition) is 6. The number of ether oxygens (including phenoxy) is 1. The first-order valence-electron chi connectivity index (χ1n) is 7.34. The zero-order valence-corrected chi connectivity index (χ0v) is 12.7. The van der Waals surface area contributed by atoms with Gasteiger partial charge in [0, 0.05) is 31.9 Å². The second-order valence-corrected chi connectivity index (χ2v) is 5.73. The molecule has 1 aliphatic heterocycles. The number of likely N-dealkylation sites (tertiary alicyclic amines) is 1. The molecule has 122 valence electrons. The summed E-state index contributed by atoms with van der Waals surface area (Å²) in [5.74, 6) is 0.877. The fraction of sp³-hybridized carbons (Fsp3) is 0.467. The molecule has 0 radical (unpaired) electrons. The molecule has 0 aliphatic carbocycles. The van der Waals surface area contributed by atoms with Crippen LogP contribution in [0.25, 0.3) is 11.5 Å². The number of amides is 1. The Hall–Kier alpha value is -2.51. The lowest BCUT2D eigenvalue weighted by molar-refractivity contribution is 0.0329. The van der Waals surface area contributed by atoms with E-state index >= 15 is 0 Å². The Kier molecular flexibility index (Phi) is 4.22. The van der Waals surface area contributed by atoms with Crippen molar-refractivity contribution in [2.24, 2.45) is 0 Å². The lowest BCUT2D eigenvalue weighted by Crippen LogP contribution is -2.59. The Morgan fingerprint density at radius 2 is 2.30 bits per heavy atom. The third kappa shape index (κ3) is 3.15. The van der Waals surface area contributed by atoms with Crippen LogP contribution in [0.5, 0.6) is 0 Å². The number of nitrogens with zero attached hydrogens (tertiary/aromatic N) is 4. The van der Waals surface area contributed by atoms with Crippen LogP contribution < -0.4 is 0 Å². The lowest BCUT2D eigenvalue weighted by Gasteiger charge is -2.44. The zero-order valence-electron chi connectivity index (χ0n) is 12.7. The maximum atomic E-state index is 12.0. The summed E-state index contributed by atoms with van der Waals surface area (Å²) in [6.45, 7) is 2.39. The summed E-state index contributed by atoms with van der Waals surface area (Å²) in [5, 5.41) is 8.11. The molecular formula is C15H17FN4O3. The molecule has 2 aromatic heterocycles. The number of carbonyl (C=O) groups is 1. The van der Waals surface area contributed by atoms with E-state index in [0.29, 0.717) is 24.9 Å². The quantitative estimate of drug-likeness (QED) is 0.786. The highest BCUT2D eigenvalue weighted by Crippen LogP contribution is 2.34. The van der Waals surface area contributed by atoms with Crippen molar-refractivity contribution in [3.63, 3.8) is 0 Å². The van der Waals surface area contributed by atoms with Crippen molar-refractivity contribution < 1.29 is 18.3 Å². The number of carbonyl (C=O) groups excluding carboxylic acids is 1. The van der Waals surface area contributed by atoms with Crippen LogP contribution in [0, 0.1) is 0 Å². The molecular weight excluding hydrogens is 303 g/mol. The Bertz CT molecular complexity index is 670. The summed E-state index contributed by atoms with van der Waals surface area (Å²) in [4.78, 5) is 17.3. The first-order chi connectivity index (χ1) is 11.1. The standard InChI is InChI=1S/C15H17FN4O3/c1-15(9-20(10-15)14(21)22-7-3-5-16)13-19-18-12(23-13)11-4-2-6-17-8-11/h2,4,6,8H,3,5,7,9-10H2,1H3. The van der Waals surface area contributed by atoms with E-state index in [1.165, 1.54) is 4.90 Å². The number of rotatable bonds is 5. The van der Waals surface area contributed by atoms with Gasteiger partial charge in [0.2, 0.25) is 11.8 Å². The molecule has 1 amide bonds. The van der Waals surface area contributed by atoms with Gasteiger partial charge in [-0.15, -0.1) is 10.2 Å². The maximum Gasteiger partial charge on any atom is 0.409 e. The third-order valence-electron chi connectivity index (χ3n) is 3.69. The van der Waals surface area contributed by atoms with Gasteiger partial charge in [0.1, 0.15) is 0 Å². The van der Waals surface area contributed by atoms with Gasteiger partial charge in [0.15, 0.2) is 0 Å². The molecule has 0 aromatic carbocycles. The largest absolute Gasteiger partial charge is 0.449 e. The molecule has 2 aromatic rings. The number of aromatic nitrogens is 3. The lowest BCUT2D eigenvalue weighted by atomic mass is 9.82. The summed E-state index contributed by atoms with van der Waals surface area (Å²) in [7, 11) is 0. The first kappa shape index (κ1) is 15.4. The predicted octanol–water partition coefficient (Wildman–Crippen LogP) is 2.20. The zero-order chi connectivity index (χ0) is 16.3. The number of halogens is 1. The molecule has 8 heteroatoms. The highest BCUT2D eigenvalue weighted by Gasteiger charge is 2.47. The minimum atomic E-state index is -0.496. The second kappa shape index (κ2) is 6.31. The molecule has 1 fully saturated rings. The molecule has 0 spiro atoms. The predicted molar refractivity (Wildman–Crippen MR) is 78.4 cm³/mol. The summed E-state index contributed by atoms with van der Waals surface area (Å²) in [6.07, 6.45) is 3.09. The van der Waals surface area contributed by atoms with Crippen molar-refractivity contribution in [1.82, 2.24) is 20.1 Å². The first-order valence-corrected chi connectivity index (χ1v) is 7.34. The van der Waals surface area contributed by atoms with Gasteiger partial charge in [-0.1, -0.05) is 0 Å². The Balaban J connectivity index is 1.61. The molecule has 0 bridgehead atoms. The molecule has 1 saturated heterocycles. The van der Waals surface area contributed by atoms with E-state index in [1.54, 1.807) is 18.5 Å². The van der Waals surface area contributed by atoms with Gasteiger partial charge in [-0.05, 0) is 19.1 Å². The highest BCUT2D eigenvalue weighted by molar-refractivity contribution is 5.69. The monoisotopic (exact) mass is 320 g/mol. The molecule has 0 saturated carbocycles. The fourth-order valence-corrected chi connectivity index (χ4v) is 2.44. The Morgan fingerprint density at radius 3 is 3.00 bits per heavy atom. The van der Waals surface area contributed by atoms with Crippen molar-refractivity contribution in [3.05, 3.63) is 30.4 Å². The van der Waals surface area contributed by atoms with Crippen LogP contribution in [-0.2, 0) is 10.2 Å². The van der Waals surface area contributed by atoms with E-state index in [1.807, 2.05) is 13.0 Å². The summed E-state index contributed by atoms with van der Waals surface area (Å²) >= 11 is 0. The second-order valence-electron chi connectivity index (χ2n) is 5.73. The normalized spacial score (nSPS) is 16.0. The van der Waals surface area contributed by atoms with Crippen LogP contribution in [-0.4, -0.2) is 52.5 Å². The van der Waals surface area contributed by atoms with E-state index in [2.05, 4.69) is 15.2 Å². The maximum absolute atomic E-state index is 12.0. The van der Waals surface area contributed by atoms with Crippen LogP contribution in [0.3, 0.4) is 0 Å². The molecule has 3 rings (SSSR count). The van der Waals surface area contributed by atoms with Crippen molar-refractivity contribution in [2.45, 2.75) is 18.8 Å². The Labute approximate surface area is 132 Å². The van der Waals surface area contributed by atoms with Gasteiger partial charge in [-0.2, -0.15) is 0 Å². The molecule has 1 aliphatic rings. The summed E-state index contributed by atoms with van der Waals surface area (Å²) < 4.78 is 22.7. The van der Waals surface area contributed by atoms with Crippen LogP contribution in [0.2, 0.25) is 0 Å². The van der Waals surface area contributed by atoms with E-state index in [9.17, 15) is 9.18 Å². The Morgan fingerprint density at radius 1 is 1.48 bits per heavy atom. The minimum Gasteiger partial charge on any atom is -0.449 e. The molecule has 3 heterocycles. The molecule has 23 heavy (non-hydrogen) atoms. The van der Waals surface area contributed by atoms with Crippen LogP contribution in [0.15, 0.2) is 28.9 Å². The smallest absolute Gasteiger partial charge is 0.409 e. The summed E-state index contributed by atoms with van der Waals surface area (Å²) in [5.41, 5.74) is 0.351. The molecule has 7 nitrogen and oxygen atoms in total. The SMILES string of the molecule is CC1(c2nnc(-c3cccnc3)o2)CN(C(=O)OCCCF)C1. The highest BCUT2D eigenvalue weighted by atomic mass is 19.1. The topological polar surface area (TPSA) is 81.4 Å². The van der Waals surface area contributed by atoms with Gasteiger partial charge in [0.25, 0.3) is 0 Å². The third-order valence-corrected chi connectivity index (χ3v) is 3.69. The average molecular weight is 320 g/mol. The molecule has 0 atom stereocenters. The summed E-state index contributed by atoms with van der Waals surface area (Å²) in [6, 6.07) is 3.63. The van der Waals surface area contributed by atoms with Gasteiger partial charge >= 0.3 is 6.09 Å². The minimum absolute atomic E-state index is 0.0915. The van der Waals surface area contributed by atoms with Crippen LogP contribution >= 0.6 is 0 Å². The van der Waals surface area contributed by atoms with E-state index in [0.717, 1.165) is 5.56 Å². The molecule has 0 unspecified atom stereocenters. The van der Waals surface area contributed by atoms with Crippen LogP contribution in [0.1, 0.15) is 19.2 Å². The van der Waals surface area contributed by atoms with E-state index in [4.69, 9.17) is 9.15 Å². The van der Waals surface area contributed by atoms with Crippen molar-refractivity contribution in [1.29, 1.82) is 0 Å². The van der Waals surface area contributed by atoms with Gasteiger partial charge in [-0.3, -0.25) is 9.37 Å². The van der Waals surface area contributed by atoms with Gasteiger partial charge in [0.05, 0.1) is 24.3 Å². The average Bonchev–Trinajstić information content (AvgIpc) is 3.03.